The van der Waals surface area contributed by atoms with Gasteiger partial charge < -0.3 is 10.4 Å². The molecule has 0 aliphatic heterocycles. The van der Waals surface area contributed by atoms with Gasteiger partial charge in [-0.3, -0.25) is 9.10 Å². The summed E-state index contributed by atoms with van der Waals surface area (Å²) in [5, 5.41) is 12.2. The van der Waals surface area contributed by atoms with Gasteiger partial charge in [-0.2, -0.15) is 0 Å². The maximum atomic E-state index is 13.3. The summed E-state index contributed by atoms with van der Waals surface area (Å²) in [5.74, 6) is -0.325. The van der Waals surface area contributed by atoms with E-state index in [0.717, 1.165) is 12.8 Å². The number of benzene rings is 2. The molecule has 3 rings (SSSR count). The molecule has 0 bridgehead atoms. The lowest BCUT2D eigenvalue weighted by Crippen LogP contribution is -2.46. The Hall–Kier alpha value is -2.38. The van der Waals surface area contributed by atoms with Crippen molar-refractivity contribution >= 4 is 21.6 Å². The first kappa shape index (κ1) is 20.4. The molecule has 2 aromatic carbocycles. The monoisotopic (exact) mass is 402 g/mol. The fraction of sp³-hybridized carbons (Fsp3) is 0.381. The maximum Gasteiger partial charge on any atom is 0.264 e. The van der Waals surface area contributed by atoms with E-state index in [1.807, 2.05) is 13.0 Å². The molecule has 6 nitrogen and oxygen atoms in total. The third-order valence-corrected chi connectivity index (χ3v) is 6.71. The predicted octanol–water partition coefficient (Wildman–Crippen LogP) is 2.94. The van der Waals surface area contributed by atoms with Gasteiger partial charge in [-0.15, -0.1) is 0 Å². The number of carbonyl (C=O) groups is 1. The van der Waals surface area contributed by atoms with Crippen molar-refractivity contribution in [2.24, 2.45) is 0 Å². The number of nitrogens with zero attached hydrogens (tertiary/aromatic N) is 1. The van der Waals surface area contributed by atoms with E-state index >= 15 is 0 Å². The van der Waals surface area contributed by atoms with Gasteiger partial charge in [0.1, 0.15) is 0 Å². The molecule has 2 aromatic rings. The normalized spacial score (nSPS) is 18.9. The zero-order chi connectivity index (χ0) is 20.1. The molecule has 0 saturated heterocycles. The minimum absolute atomic E-state index is 0.0619. The lowest BCUT2D eigenvalue weighted by molar-refractivity contribution is 0.0562. The van der Waals surface area contributed by atoms with Gasteiger partial charge in [-0.1, -0.05) is 37.6 Å². The number of hydrogen-bond donors (Lipinski definition) is 2. The standard InChI is InChI=1S/C21H26N2O4S/c1-2-3-12-23(18-9-5-4-6-10-18)28(26,27)20-11-7-8-16(13-20)21(25)22-17-14-19(24)15-17/h4-11,13,17,19,24H,2-3,12,14-15H2,1H3,(H,22,25). The number of anilines is 1. The smallest absolute Gasteiger partial charge is 0.264 e. The minimum Gasteiger partial charge on any atom is -0.393 e. The number of sulfonamides is 1. The van der Waals surface area contributed by atoms with Crippen LogP contribution in [0.3, 0.4) is 0 Å². The third-order valence-electron chi connectivity index (χ3n) is 4.89. The molecular formula is C21H26N2O4S. The summed E-state index contributed by atoms with van der Waals surface area (Å²) in [6, 6.07) is 15.0. The number of hydrogen-bond acceptors (Lipinski definition) is 4. The molecule has 0 spiro atoms. The van der Waals surface area contributed by atoms with E-state index in [9.17, 15) is 18.3 Å². The Morgan fingerprint density at radius 2 is 1.86 bits per heavy atom. The number of nitrogens with one attached hydrogen (secondary N) is 1. The van der Waals surface area contributed by atoms with E-state index in [2.05, 4.69) is 5.32 Å². The van der Waals surface area contributed by atoms with Gasteiger partial charge in [0.2, 0.25) is 0 Å². The molecule has 150 valence electrons. The average molecular weight is 403 g/mol. The fourth-order valence-electron chi connectivity index (χ4n) is 3.18. The number of carbonyl (C=O) groups excluding carboxylic acids is 1. The van der Waals surface area contributed by atoms with Crippen LogP contribution < -0.4 is 9.62 Å². The SMILES string of the molecule is CCCCN(c1ccccc1)S(=O)(=O)c1cccc(C(=O)NC2CC(O)C2)c1. The molecule has 0 aromatic heterocycles. The molecule has 1 aliphatic rings. The van der Waals surface area contributed by atoms with Crippen LogP contribution in [0, 0.1) is 0 Å². The number of aliphatic hydroxyl groups is 1. The number of para-hydroxylation sites is 1. The van der Waals surface area contributed by atoms with E-state index in [1.165, 1.54) is 16.4 Å². The van der Waals surface area contributed by atoms with Crippen molar-refractivity contribution in [1.29, 1.82) is 0 Å². The summed E-state index contributed by atoms with van der Waals surface area (Å²) < 4.78 is 28.0. The maximum absolute atomic E-state index is 13.3. The Balaban J connectivity index is 1.86. The first-order valence-corrected chi connectivity index (χ1v) is 11.0. The molecule has 1 saturated carbocycles. The van der Waals surface area contributed by atoms with Crippen LogP contribution in [0.1, 0.15) is 43.0 Å². The molecule has 0 unspecified atom stereocenters. The van der Waals surface area contributed by atoms with Gasteiger partial charge >= 0.3 is 0 Å². The van der Waals surface area contributed by atoms with E-state index in [1.54, 1.807) is 36.4 Å². The molecule has 0 atom stereocenters. The van der Waals surface area contributed by atoms with E-state index in [4.69, 9.17) is 0 Å². The molecular weight excluding hydrogens is 376 g/mol. The Morgan fingerprint density at radius 1 is 1.14 bits per heavy atom. The Labute approximate surface area is 166 Å². The van der Waals surface area contributed by atoms with Gasteiger partial charge in [0.05, 0.1) is 16.7 Å². The lowest BCUT2D eigenvalue weighted by atomic mass is 9.89. The summed E-state index contributed by atoms with van der Waals surface area (Å²) in [5.41, 5.74) is 0.903. The van der Waals surface area contributed by atoms with Crippen molar-refractivity contribution in [3.63, 3.8) is 0 Å². The summed E-state index contributed by atoms with van der Waals surface area (Å²) in [6.45, 7) is 2.39. The number of unbranched alkanes of at least 4 members (excludes halogenated alkanes) is 1. The Kier molecular flexibility index (Phi) is 6.36. The van der Waals surface area contributed by atoms with Crippen molar-refractivity contribution in [1.82, 2.24) is 5.32 Å². The summed E-state index contributed by atoms with van der Waals surface area (Å²) >= 11 is 0. The van der Waals surface area contributed by atoms with Crippen LogP contribution in [0.4, 0.5) is 5.69 Å². The molecule has 1 fully saturated rings. The quantitative estimate of drug-likeness (QED) is 0.711. The van der Waals surface area contributed by atoms with Crippen molar-refractivity contribution in [2.45, 2.75) is 49.6 Å². The fourth-order valence-corrected chi connectivity index (χ4v) is 4.73. The molecule has 2 N–H and O–H groups in total. The highest BCUT2D eigenvalue weighted by Gasteiger charge is 2.29. The van der Waals surface area contributed by atoms with Crippen LogP contribution in [-0.2, 0) is 10.0 Å². The number of aliphatic hydroxyl groups excluding tert-OH is 1. The second-order valence-electron chi connectivity index (χ2n) is 7.09. The Bertz CT molecular complexity index is 909. The van der Waals surface area contributed by atoms with E-state index < -0.39 is 10.0 Å². The topological polar surface area (TPSA) is 86.7 Å². The highest BCUT2D eigenvalue weighted by atomic mass is 32.2. The molecule has 0 radical (unpaired) electrons. The first-order chi connectivity index (χ1) is 13.4. The molecule has 7 heteroatoms. The van der Waals surface area contributed by atoms with E-state index in [-0.39, 0.29) is 22.9 Å². The van der Waals surface area contributed by atoms with Gasteiger partial charge in [0, 0.05) is 18.2 Å². The predicted molar refractivity (Wildman–Crippen MR) is 109 cm³/mol. The molecule has 28 heavy (non-hydrogen) atoms. The van der Waals surface area contributed by atoms with E-state index in [0.29, 0.717) is 30.6 Å². The van der Waals surface area contributed by atoms with Gasteiger partial charge in [0.25, 0.3) is 15.9 Å². The van der Waals surface area contributed by atoms with Gasteiger partial charge in [0.15, 0.2) is 0 Å². The highest BCUT2D eigenvalue weighted by molar-refractivity contribution is 7.92. The van der Waals surface area contributed by atoms with Crippen molar-refractivity contribution < 1.29 is 18.3 Å². The van der Waals surface area contributed by atoms with Crippen molar-refractivity contribution in [3.8, 4) is 0 Å². The van der Waals surface area contributed by atoms with Crippen LogP contribution in [0.5, 0.6) is 0 Å². The zero-order valence-corrected chi connectivity index (χ0v) is 16.7. The summed E-state index contributed by atoms with van der Waals surface area (Å²) in [4.78, 5) is 12.5. The van der Waals surface area contributed by atoms with Crippen LogP contribution in [0.25, 0.3) is 0 Å². The van der Waals surface area contributed by atoms with Gasteiger partial charge in [-0.05, 0) is 49.6 Å². The highest BCUT2D eigenvalue weighted by Crippen LogP contribution is 2.25. The summed E-state index contributed by atoms with van der Waals surface area (Å²) in [6.07, 6.45) is 2.30. The second kappa shape index (κ2) is 8.75. The van der Waals surface area contributed by atoms with Crippen LogP contribution >= 0.6 is 0 Å². The first-order valence-electron chi connectivity index (χ1n) is 9.58. The van der Waals surface area contributed by atoms with Crippen LogP contribution in [-0.4, -0.2) is 38.1 Å². The molecule has 1 amide bonds. The Morgan fingerprint density at radius 3 is 2.50 bits per heavy atom. The second-order valence-corrected chi connectivity index (χ2v) is 8.95. The van der Waals surface area contributed by atoms with Gasteiger partial charge in [-0.25, -0.2) is 8.42 Å². The van der Waals surface area contributed by atoms with Crippen LogP contribution in [0.2, 0.25) is 0 Å². The summed E-state index contributed by atoms with van der Waals surface area (Å²) in [7, 11) is -3.80. The number of amides is 1. The number of rotatable bonds is 8. The minimum atomic E-state index is -3.80. The molecule has 1 aliphatic carbocycles. The lowest BCUT2D eigenvalue weighted by Gasteiger charge is -2.32. The third kappa shape index (κ3) is 4.54. The average Bonchev–Trinajstić information content (AvgIpc) is 2.68. The van der Waals surface area contributed by atoms with Crippen molar-refractivity contribution in [2.75, 3.05) is 10.8 Å². The van der Waals surface area contributed by atoms with Crippen molar-refractivity contribution in [3.05, 3.63) is 60.2 Å². The molecule has 0 heterocycles. The van der Waals surface area contributed by atoms with Crippen LogP contribution in [0.15, 0.2) is 59.5 Å². The zero-order valence-electron chi connectivity index (χ0n) is 15.9. The largest absolute Gasteiger partial charge is 0.393 e.